The van der Waals surface area contributed by atoms with E-state index in [1.165, 1.54) is 39.4 Å². The van der Waals surface area contributed by atoms with E-state index in [0.717, 1.165) is 35.6 Å². The van der Waals surface area contributed by atoms with Crippen molar-refractivity contribution in [2.75, 3.05) is 26.0 Å². The summed E-state index contributed by atoms with van der Waals surface area (Å²) < 4.78 is 26.2. The highest BCUT2D eigenvalue weighted by Gasteiger charge is 2.56. The third kappa shape index (κ3) is 3.89. The molecule has 7 nitrogen and oxygen atoms in total. The quantitative estimate of drug-likeness (QED) is 0.710. The number of hydrogen-bond donors (Lipinski definition) is 1. The van der Waals surface area contributed by atoms with E-state index < -0.39 is 16.1 Å². The van der Waals surface area contributed by atoms with E-state index in [1.807, 2.05) is 11.8 Å². The van der Waals surface area contributed by atoms with E-state index in [0.29, 0.717) is 36.4 Å². The first-order valence-corrected chi connectivity index (χ1v) is 13.7. The Bertz CT molecular complexity index is 1050. The van der Waals surface area contributed by atoms with E-state index in [2.05, 4.69) is 5.32 Å². The second-order valence-electron chi connectivity index (χ2n) is 11.1. The third-order valence-electron chi connectivity index (χ3n) is 8.55. The van der Waals surface area contributed by atoms with Crippen LogP contribution in [0.3, 0.4) is 0 Å². The highest BCUT2D eigenvalue weighted by atomic mass is 32.2. The lowest BCUT2D eigenvalue weighted by Crippen LogP contribution is -2.56. The first-order chi connectivity index (χ1) is 15.6. The van der Waals surface area contributed by atoms with Crippen molar-refractivity contribution >= 4 is 27.5 Å². The molecule has 4 aliphatic carbocycles. The Balaban J connectivity index is 1.35. The minimum atomic E-state index is -3.60. The predicted octanol–water partition coefficient (Wildman–Crippen LogP) is 3.39. The molecule has 0 aromatic heterocycles. The van der Waals surface area contributed by atoms with Crippen LogP contribution in [-0.2, 0) is 19.6 Å². The van der Waals surface area contributed by atoms with Crippen LogP contribution in [0.4, 0.5) is 5.69 Å². The third-order valence-corrected chi connectivity index (χ3v) is 10.4. The van der Waals surface area contributed by atoms with Gasteiger partial charge in [0.15, 0.2) is 0 Å². The summed E-state index contributed by atoms with van der Waals surface area (Å²) >= 11 is 0. The molecule has 4 bridgehead atoms. The zero-order valence-electron chi connectivity index (χ0n) is 19.8. The zero-order chi connectivity index (χ0) is 23.5. The molecule has 1 atom stereocenters. The lowest BCUT2D eigenvalue weighted by Gasteiger charge is -2.56. The van der Waals surface area contributed by atoms with Crippen LogP contribution in [0.5, 0.6) is 0 Å². The van der Waals surface area contributed by atoms with Crippen molar-refractivity contribution in [2.45, 2.75) is 69.2 Å². The molecule has 5 aliphatic rings. The average molecular weight is 474 g/mol. The monoisotopic (exact) mass is 473 g/mol. The van der Waals surface area contributed by atoms with Crippen LogP contribution in [0.15, 0.2) is 23.1 Å². The number of aryl methyl sites for hydroxylation is 1. The van der Waals surface area contributed by atoms with E-state index in [4.69, 9.17) is 0 Å². The number of rotatable bonds is 5. The van der Waals surface area contributed by atoms with Gasteiger partial charge >= 0.3 is 0 Å². The van der Waals surface area contributed by atoms with E-state index in [1.54, 1.807) is 12.1 Å². The summed E-state index contributed by atoms with van der Waals surface area (Å²) in [5.74, 6) is 2.02. The summed E-state index contributed by atoms with van der Waals surface area (Å²) in [7, 11) is -0.632. The van der Waals surface area contributed by atoms with Gasteiger partial charge < -0.3 is 10.2 Å². The normalized spacial score (nSPS) is 33.0. The maximum absolute atomic E-state index is 13.9. The molecule has 180 valence electrons. The molecule has 4 saturated carbocycles. The first-order valence-electron chi connectivity index (χ1n) is 12.2. The van der Waals surface area contributed by atoms with Crippen molar-refractivity contribution in [1.82, 2.24) is 9.21 Å². The number of sulfonamides is 1. The van der Waals surface area contributed by atoms with Crippen molar-refractivity contribution < 1.29 is 18.0 Å². The summed E-state index contributed by atoms with van der Waals surface area (Å²) in [5.41, 5.74) is 1.02. The number of carbonyl (C=O) groups excluding carboxylic acids is 2. The molecule has 33 heavy (non-hydrogen) atoms. The Morgan fingerprint density at radius 3 is 2.24 bits per heavy atom. The van der Waals surface area contributed by atoms with Crippen molar-refractivity contribution in [3.8, 4) is 0 Å². The zero-order valence-corrected chi connectivity index (χ0v) is 20.7. The van der Waals surface area contributed by atoms with Gasteiger partial charge in [0.1, 0.15) is 6.04 Å². The summed E-state index contributed by atoms with van der Waals surface area (Å²) in [6, 6.07) is 4.29. The smallest absolute Gasteiger partial charge is 0.247 e. The largest absolute Gasteiger partial charge is 0.330 e. The topological polar surface area (TPSA) is 86.8 Å². The fourth-order valence-electron chi connectivity index (χ4n) is 7.28. The molecule has 1 N–H and O–H groups in total. The van der Waals surface area contributed by atoms with Gasteiger partial charge in [-0.1, -0.05) is 6.07 Å². The van der Waals surface area contributed by atoms with Crippen molar-refractivity contribution in [2.24, 2.45) is 23.2 Å². The van der Waals surface area contributed by atoms with Gasteiger partial charge in [0, 0.05) is 26.3 Å². The summed E-state index contributed by atoms with van der Waals surface area (Å²) in [4.78, 5) is 29.2. The Hall–Kier alpha value is -1.93. The molecule has 6 rings (SSSR count). The highest BCUT2D eigenvalue weighted by Crippen LogP contribution is 2.60. The van der Waals surface area contributed by atoms with E-state index in [9.17, 15) is 18.0 Å². The molecule has 5 fully saturated rings. The minimum absolute atomic E-state index is 0.140. The Kier molecular flexibility index (Phi) is 5.59. The van der Waals surface area contributed by atoms with Gasteiger partial charge in [0.05, 0.1) is 10.3 Å². The van der Waals surface area contributed by atoms with E-state index in [-0.39, 0.29) is 22.1 Å². The van der Waals surface area contributed by atoms with Crippen molar-refractivity contribution in [3.63, 3.8) is 0 Å². The van der Waals surface area contributed by atoms with Gasteiger partial charge in [-0.05, 0) is 93.7 Å². The molecule has 1 aromatic rings. The number of carbonyl (C=O) groups is 2. The van der Waals surface area contributed by atoms with Crippen LogP contribution in [0.1, 0.15) is 56.9 Å². The van der Waals surface area contributed by atoms with Gasteiger partial charge in [-0.3, -0.25) is 9.59 Å². The molecule has 1 saturated heterocycles. The van der Waals surface area contributed by atoms with E-state index >= 15 is 0 Å². The van der Waals surface area contributed by atoms with Crippen molar-refractivity contribution in [3.05, 3.63) is 23.8 Å². The summed E-state index contributed by atoms with van der Waals surface area (Å²) in [6.45, 7) is 2.47. The van der Waals surface area contributed by atoms with Gasteiger partial charge in [0.2, 0.25) is 21.8 Å². The molecule has 2 amide bonds. The summed E-state index contributed by atoms with van der Waals surface area (Å²) in [6.07, 6.45) is 8.29. The lowest BCUT2D eigenvalue weighted by atomic mass is 9.49. The highest BCUT2D eigenvalue weighted by molar-refractivity contribution is 7.89. The fourth-order valence-corrected chi connectivity index (χ4v) is 8.21. The van der Waals surface area contributed by atoms with Crippen LogP contribution in [0, 0.1) is 30.1 Å². The fraction of sp³-hybridized carbons (Fsp3) is 0.680. The van der Waals surface area contributed by atoms with Gasteiger partial charge in [-0.2, -0.15) is 0 Å². The van der Waals surface area contributed by atoms with Crippen LogP contribution in [0.25, 0.3) is 0 Å². The maximum atomic E-state index is 13.9. The van der Waals surface area contributed by atoms with Crippen LogP contribution in [-0.4, -0.2) is 56.1 Å². The molecule has 1 unspecified atom stereocenters. The standard InChI is InChI=1S/C25H35N3O4S/c1-16-6-7-20(33(31,32)27(2)3)12-21(16)26-23(29)22-5-4-8-28(22)24(30)25-13-17-9-18(14-25)11-19(10-17)15-25/h6-7,12,17-19,22H,4-5,8-11,13-15H2,1-3H3,(H,26,29). The van der Waals surface area contributed by atoms with Gasteiger partial charge in [0.25, 0.3) is 0 Å². The molecular weight excluding hydrogens is 438 g/mol. The van der Waals surface area contributed by atoms with Crippen LogP contribution < -0.4 is 5.32 Å². The number of likely N-dealkylation sites (tertiary alicyclic amines) is 1. The molecule has 1 aromatic carbocycles. The molecule has 0 spiro atoms. The molecule has 1 heterocycles. The first kappa shape index (κ1) is 22.8. The number of anilines is 1. The number of benzene rings is 1. The lowest BCUT2D eigenvalue weighted by molar-refractivity contribution is -0.160. The number of nitrogens with one attached hydrogen (secondary N) is 1. The average Bonchev–Trinajstić information content (AvgIpc) is 3.23. The Morgan fingerprint density at radius 1 is 1.06 bits per heavy atom. The minimum Gasteiger partial charge on any atom is -0.330 e. The Morgan fingerprint density at radius 2 is 1.67 bits per heavy atom. The van der Waals surface area contributed by atoms with Crippen LogP contribution >= 0.6 is 0 Å². The molecule has 8 heteroatoms. The summed E-state index contributed by atoms with van der Waals surface area (Å²) in [5, 5.41) is 2.95. The van der Waals surface area contributed by atoms with Gasteiger partial charge in [-0.25, -0.2) is 12.7 Å². The molecule has 1 aliphatic heterocycles. The SMILES string of the molecule is Cc1ccc(S(=O)(=O)N(C)C)cc1NC(=O)C1CCCN1C(=O)C12CC3CC(CC(C3)C1)C2. The maximum Gasteiger partial charge on any atom is 0.247 e. The number of nitrogens with zero attached hydrogens (tertiary/aromatic N) is 2. The number of amides is 2. The second kappa shape index (κ2) is 8.08. The number of hydrogen-bond acceptors (Lipinski definition) is 4. The molecular formula is C25H35N3O4S. The van der Waals surface area contributed by atoms with Crippen molar-refractivity contribution in [1.29, 1.82) is 0 Å². The van der Waals surface area contributed by atoms with Gasteiger partial charge in [-0.15, -0.1) is 0 Å². The molecule has 0 radical (unpaired) electrons. The predicted molar refractivity (Wildman–Crippen MR) is 126 cm³/mol. The second-order valence-corrected chi connectivity index (χ2v) is 13.3. The van der Waals surface area contributed by atoms with Crippen LogP contribution in [0.2, 0.25) is 0 Å². The Labute approximate surface area is 196 Å².